The normalized spacial score (nSPS) is 11.4. The predicted octanol–water partition coefficient (Wildman–Crippen LogP) is 4.66. The van der Waals surface area contributed by atoms with Crippen LogP contribution in [0.5, 0.6) is 0 Å². The van der Waals surface area contributed by atoms with Crippen LogP contribution in [0.25, 0.3) is 0 Å². The van der Waals surface area contributed by atoms with Gasteiger partial charge in [-0.2, -0.15) is 13.2 Å². The molecule has 3 rings (SSSR count). The smallest absolute Gasteiger partial charge is 0.351 e. The summed E-state index contributed by atoms with van der Waals surface area (Å²) in [7, 11) is 0. The average molecular weight is 370 g/mol. The van der Waals surface area contributed by atoms with Crippen LogP contribution in [0.3, 0.4) is 0 Å². The van der Waals surface area contributed by atoms with E-state index in [1.54, 1.807) is 0 Å². The summed E-state index contributed by atoms with van der Waals surface area (Å²) in [5.74, 6) is -0.535. The molecule has 0 aliphatic rings. The van der Waals surface area contributed by atoms with Gasteiger partial charge in [0.25, 0.3) is 5.91 Å². The summed E-state index contributed by atoms with van der Waals surface area (Å²) >= 11 is 0. The van der Waals surface area contributed by atoms with Crippen LogP contribution in [0.4, 0.5) is 13.2 Å². The third-order valence-corrected chi connectivity index (χ3v) is 4.19. The molecule has 1 N–H and O–H groups in total. The Labute approximate surface area is 154 Å². The number of carbonyl (C=O) groups excluding carboxylic acids is 1. The van der Waals surface area contributed by atoms with E-state index in [0.29, 0.717) is 6.54 Å². The van der Waals surface area contributed by atoms with Crippen molar-refractivity contribution >= 4 is 5.91 Å². The van der Waals surface area contributed by atoms with Crippen molar-refractivity contribution in [1.82, 2.24) is 10.3 Å². The lowest BCUT2D eigenvalue weighted by Crippen LogP contribution is -2.29. The number of pyridine rings is 1. The first-order valence-corrected chi connectivity index (χ1v) is 8.36. The van der Waals surface area contributed by atoms with Crippen LogP contribution >= 0.6 is 0 Å². The lowest BCUT2D eigenvalue weighted by atomic mass is 9.91. The minimum atomic E-state index is -4.53. The second-order valence-corrected chi connectivity index (χ2v) is 6.01. The SMILES string of the molecule is O=C(NCC(c1ccccc1)c1ccccc1)c1ccc(C(F)(F)F)nc1. The molecule has 1 heterocycles. The van der Waals surface area contributed by atoms with Gasteiger partial charge >= 0.3 is 6.18 Å². The van der Waals surface area contributed by atoms with Gasteiger partial charge in [-0.05, 0) is 23.3 Å². The molecule has 0 unspecified atom stereocenters. The molecular formula is C21H17F3N2O. The number of amides is 1. The molecule has 0 atom stereocenters. The lowest BCUT2D eigenvalue weighted by Gasteiger charge is -2.19. The summed E-state index contributed by atoms with van der Waals surface area (Å²) in [4.78, 5) is 15.7. The number of carbonyl (C=O) groups is 1. The lowest BCUT2D eigenvalue weighted by molar-refractivity contribution is -0.141. The molecule has 0 fully saturated rings. The number of nitrogens with one attached hydrogen (secondary N) is 1. The molecule has 3 aromatic rings. The average Bonchev–Trinajstić information content (AvgIpc) is 2.69. The van der Waals surface area contributed by atoms with Gasteiger partial charge in [0, 0.05) is 18.7 Å². The molecule has 27 heavy (non-hydrogen) atoms. The molecule has 1 amide bonds. The second-order valence-electron chi connectivity index (χ2n) is 6.01. The molecule has 0 aliphatic heterocycles. The molecule has 2 aromatic carbocycles. The molecule has 6 heteroatoms. The molecule has 3 nitrogen and oxygen atoms in total. The Morgan fingerprint density at radius 1 is 0.889 bits per heavy atom. The van der Waals surface area contributed by atoms with Crippen molar-refractivity contribution in [1.29, 1.82) is 0 Å². The zero-order valence-corrected chi connectivity index (χ0v) is 14.3. The Balaban J connectivity index is 1.75. The van der Waals surface area contributed by atoms with Gasteiger partial charge in [-0.15, -0.1) is 0 Å². The fourth-order valence-electron chi connectivity index (χ4n) is 2.79. The first kappa shape index (κ1) is 18.6. The number of benzene rings is 2. The highest BCUT2D eigenvalue weighted by atomic mass is 19.4. The van der Waals surface area contributed by atoms with Crippen LogP contribution < -0.4 is 5.32 Å². The quantitative estimate of drug-likeness (QED) is 0.710. The maximum Gasteiger partial charge on any atom is 0.433 e. The monoisotopic (exact) mass is 370 g/mol. The molecule has 0 radical (unpaired) electrons. The Bertz CT molecular complexity index is 839. The van der Waals surface area contributed by atoms with E-state index in [1.807, 2.05) is 60.7 Å². The topological polar surface area (TPSA) is 42.0 Å². The number of hydrogen-bond donors (Lipinski definition) is 1. The zero-order valence-electron chi connectivity index (χ0n) is 14.3. The Hall–Kier alpha value is -3.15. The van der Waals surface area contributed by atoms with Crippen LogP contribution in [0, 0.1) is 0 Å². The van der Waals surface area contributed by atoms with Crippen LogP contribution in [0.15, 0.2) is 79.0 Å². The molecule has 0 bridgehead atoms. The molecular weight excluding hydrogens is 353 g/mol. The zero-order chi connectivity index (χ0) is 19.3. The third-order valence-electron chi connectivity index (χ3n) is 4.19. The van der Waals surface area contributed by atoms with E-state index in [9.17, 15) is 18.0 Å². The summed E-state index contributed by atoms with van der Waals surface area (Å²) in [6.45, 7) is 0.313. The van der Waals surface area contributed by atoms with Crippen molar-refractivity contribution in [2.45, 2.75) is 12.1 Å². The number of halogens is 3. The van der Waals surface area contributed by atoms with E-state index in [-0.39, 0.29) is 11.5 Å². The molecule has 0 saturated heterocycles. The van der Waals surface area contributed by atoms with Crippen LogP contribution in [-0.4, -0.2) is 17.4 Å². The van der Waals surface area contributed by atoms with Gasteiger partial charge in [-0.25, -0.2) is 0 Å². The minimum absolute atomic E-state index is 0.0706. The molecule has 138 valence electrons. The molecule has 0 saturated carbocycles. The van der Waals surface area contributed by atoms with Gasteiger partial charge in [0.2, 0.25) is 0 Å². The Morgan fingerprint density at radius 2 is 1.44 bits per heavy atom. The van der Waals surface area contributed by atoms with E-state index < -0.39 is 17.8 Å². The van der Waals surface area contributed by atoms with Crippen molar-refractivity contribution < 1.29 is 18.0 Å². The van der Waals surface area contributed by atoms with Crippen molar-refractivity contribution in [2.75, 3.05) is 6.54 Å². The summed E-state index contributed by atoms with van der Waals surface area (Å²) in [6.07, 6.45) is -3.58. The first-order chi connectivity index (χ1) is 12.9. The number of rotatable bonds is 5. The summed E-state index contributed by atoms with van der Waals surface area (Å²) in [5.41, 5.74) is 1.14. The van der Waals surface area contributed by atoms with E-state index in [2.05, 4.69) is 10.3 Å². The fraction of sp³-hybridized carbons (Fsp3) is 0.143. The summed E-state index contributed by atoms with van der Waals surface area (Å²) in [5, 5.41) is 2.79. The van der Waals surface area contributed by atoms with Gasteiger partial charge < -0.3 is 5.32 Å². The number of nitrogens with zero attached hydrogens (tertiary/aromatic N) is 1. The van der Waals surface area contributed by atoms with Crippen LogP contribution in [0.1, 0.15) is 33.1 Å². The second kappa shape index (κ2) is 8.03. The summed E-state index contributed by atoms with van der Waals surface area (Å²) in [6, 6.07) is 21.4. The van der Waals surface area contributed by atoms with Gasteiger partial charge in [0.05, 0.1) is 5.56 Å². The Kier molecular flexibility index (Phi) is 5.54. The van der Waals surface area contributed by atoms with Gasteiger partial charge in [-0.3, -0.25) is 9.78 Å². The van der Waals surface area contributed by atoms with E-state index in [0.717, 1.165) is 29.5 Å². The van der Waals surface area contributed by atoms with Gasteiger partial charge in [0.1, 0.15) is 5.69 Å². The molecule has 1 aromatic heterocycles. The highest BCUT2D eigenvalue weighted by molar-refractivity contribution is 5.93. The van der Waals surface area contributed by atoms with Crippen LogP contribution in [-0.2, 0) is 6.18 Å². The minimum Gasteiger partial charge on any atom is -0.351 e. The van der Waals surface area contributed by atoms with Crippen molar-refractivity contribution in [2.24, 2.45) is 0 Å². The fourth-order valence-corrected chi connectivity index (χ4v) is 2.79. The number of alkyl halides is 3. The number of hydrogen-bond acceptors (Lipinski definition) is 2. The maximum absolute atomic E-state index is 12.6. The highest BCUT2D eigenvalue weighted by Gasteiger charge is 2.32. The van der Waals surface area contributed by atoms with Crippen molar-refractivity contribution in [3.05, 3.63) is 101 Å². The number of aromatic nitrogens is 1. The van der Waals surface area contributed by atoms with Gasteiger partial charge in [-0.1, -0.05) is 60.7 Å². The third kappa shape index (κ3) is 4.73. The molecule has 0 aliphatic carbocycles. The van der Waals surface area contributed by atoms with E-state index >= 15 is 0 Å². The summed E-state index contributed by atoms with van der Waals surface area (Å²) < 4.78 is 37.8. The Morgan fingerprint density at radius 3 is 1.89 bits per heavy atom. The van der Waals surface area contributed by atoms with E-state index in [4.69, 9.17) is 0 Å². The standard InChI is InChI=1S/C21H17F3N2O/c22-21(23,24)19-12-11-17(13-25-19)20(27)26-14-18(15-7-3-1-4-8-15)16-9-5-2-6-10-16/h1-13,18H,14H2,(H,26,27). The largest absolute Gasteiger partial charge is 0.433 e. The van der Waals surface area contributed by atoms with E-state index in [1.165, 1.54) is 0 Å². The molecule has 0 spiro atoms. The van der Waals surface area contributed by atoms with Crippen molar-refractivity contribution in [3.8, 4) is 0 Å². The first-order valence-electron chi connectivity index (χ1n) is 8.36. The van der Waals surface area contributed by atoms with Crippen LogP contribution in [0.2, 0.25) is 0 Å². The van der Waals surface area contributed by atoms with Crippen molar-refractivity contribution in [3.63, 3.8) is 0 Å². The van der Waals surface area contributed by atoms with Gasteiger partial charge in [0.15, 0.2) is 0 Å². The highest BCUT2D eigenvalue weighted by Crippen LogP contribution is 2.27. The predicted molar refractivity (Wildman–Crippen MR) is 96.3 cm³/mol. The maximum atomic E-state index is 12.6.